The van der Waals surface area contributed by atoms with Crippen molar-refractivity contribution in [1.29, 1.82) is 0 Å². The van der Waals surface area contributed by atoms with Crippen LogP contribution in [-0.2, 0) is 17.1 Å². The van der Waals surface area contributed by atoms with E-state index in [9.17, 15) is 13.2 Å². The Morgan fingerprint density at radius 3 is 2.26 bits per heavy atom. The standard InChI is InChI=1S/C19H20BrN3O3S/c1-12-11-17(13(2)10-16(12)20)27(25,26)21-18-14(3)22(4)23(19(18)24)15-8-6-5-7-9-15/h5-11,21H,1-4H3. The van der Waals surface area contributed by atoms with Crippen molar-refractivity contribution in [3.05, 3.63) is 74.1 Å². The van der Waals surface area contributed by atoms with Gasteiger partial charge in [-0.15, -0.1) is 0 Å². The minimum atomic E-state index is -3.91. The van der Waals surface area contributed by atoms with Gasteiger partial charge < -0.3 is 0 Å². The normalized spacial score (nSPS) is 11.6. The molecule has 0 aliphatic heterocycles. The van der Waals surface area contributed by atoms with E-state index >= 15 is 0 Å². The van der Waals surface area contributed by atoms with Crippen LogP contribution in [0.2, 0.25) is 0 Å². The van der Waals surface area contributed by atoms with E-state index in [-0.39, 0.29) is 10.6 Å². The Hall–Kier alpha value is -2.32. The minimum absolute atomic E-state index is 0.0429. The maximum absolute atomic E-state index is 13.0. The van der Waals surface area contributed by atoms with Gasteiger partial charge in [-0.05, 0) is 56.2 Å². The van der Waals surface area contributed by atoms with Gasteiger partial charge in [-0.3, -0.25) is 14.2 Å². The molecule has 142 valence electrons. The summed E-state index contributed by atoms with van der Waals surface area (Å²) in [6.07, 6.45) is 0. The lowest BCUT2D eigenvalue weighted by atomic mass is 10.2. The Kier molecular flexibility index (Phi) is 5.05. The Labute approximate surface area is 166 Å². The summed E-state index contributed by atoms with van der Waals surface area (Å²) in [6.45, 7) is 5.25. The van der Waals surface area contributed by atoms with Crippen molar-refractivity contribution in [2.45, 2.75) is 25.7 Å². The first-order chi connectivity index (χ1) is 12.6. The third-order valence-corrected chi connectivity index (χ3v) is 6.88. The van der Waals surface area contributed by atoms with E-state index in [1.54, 1.807) is 49.8 Å². The Balaban J connectivity index is 2.12. The lowest BCUT2D eigenvalue weighted by Gasteiger charge is -2.11. The van der Waals surface area contributed by atoms with Crippen LogP contribution in [0, 0.1) is 20.8 Å². The molecule has 0 aliphatic carbocycles. The van der Waals surface area contributed by atoms with E-state index in [1.165, 1.54) is 4.68 Å². The molecule has 0 bridgehead atoms. The maximum atomic E-state index is 13.0. The van der Waals surface area contributed by atoms with Crippen molar-refractivity contribution in [1.82, 2.24) is 9.36 Å². The van der Waals surface area contributed by atoms with E-state index in [0.29, 0.717) is 16.9 Å². The number of nitrogens with one attached hydrogen (secondary N) is 1. The number of anilines is 1. The van der Waals surface area contributed by atoms with Crippen molar-refractivity contribution in [2.24, 2.45) is 7.05 Å². The molecule has 1 aromatic heterocycles. The maximum Gasteiger partial charge on any atom is 0.296 e. The first-order valence-corrected chi connectivity index (χ1v) is 10.5. The first kappa shape index (κ1) is 19.4. The van der Waals surface area contributed by atoms with Gasteiger partial charge in [-0.1, -0.05) is 34.1 Å². The number of hydrogen-bond donors (Lipinski definition) is 1. The fraction of sp³-hybridized carbons (Fsp3) is 0.211. The molecule has 0 radical (unpaired) electrons. The molecule has 0 aliphatic rings. The highest BCUT2D eigenvalue weighted by Crippen LogP contribution is 2.26. The number of sulfonamides is 1. The molecular weight excluding hydrogens is 430 g/mol. The molecule has 8 heteroatoms. The number of para-hydroxylation sites is 1. The highest BCUT2D eigenvalue weighted by molar-refractivity contribution is 9.10. The summed E-state index contributed by atoms with van der Waals surface area (Å²) < 4.78 is 32.3. The number of benzene rings is 2. The number of halogens is 1. The molecule has 6 nitrogen and oxygen atoms in total. The molecule has 0 spiro atoms. The lowest BCUT2D eigenvalue weighted by molar-refractivity contribution is 0.600. The summed E-state index contributed by atoms with van der Waals surface area (Å²) in [4.78, 5) is 13.1. The van der Waals surface area contributed by atoms with Gasteiger partial charge >= 0.3 is 0 Å². The van der Waals surface area contributed by atoms with Crippen LogP contribution in [0.1, 0.15) is 16.8 Å². The Bertz CT molecular complexity index is 1180. The molecule has 2 aromatic carbocycles. The zero-order valence-corrected chi connectivity index (χ0v) is 17.8. The topological polar surface area (TPSA) is 73.1 Å². The second-order valence-corrected chi connectivity index (χ2v) is 8.91. The van der Waals surface area contributed by atoms with Crippen molar-refractivity contribution in [3.8, 4) is 5.69 Å². The fourth-order valence-corrected chi connectivity index (χ4v) is 4.81. The zero-order chi connectivity index (χ0) is 19.9. The molecule has 0 fully saturated rings. The number of rotatable bonds is 4. The van der Waals surface area contributed by atoms with Crippen LogP contribution in [0.5, 0.6) is 0 Å². The summed E-state index contributed by atoms with van der Waals surface area (Å²) >= 11 is 3.40. The van der Waals surface area contributed by atoms with Gasteiger partial charge in [0.2, 0.25) is 0 Å². The predicted molar refractivity (Wildman–Crippen MR) is 110 cm³/mol. The van der Waals surface area contributed by atoms with E-state index < -0.39 is 15.6 Å². The van der Waals surface area contributed by atoms with Gasteiger partial charge in [0.25, 0.3) is 15.6 Å². The van der Waals surface area contributed by atoms with Gasteiger partial charge in [0.15, 0.2) is 0 Å². The fourth-order valence-electron chi connectivity index (χ4n) is 2.92. The number of aromatic nitrogens is 2. The minimum Gasteiger partial charge on any atom is -0.283 e. The summed E-state index contributed by atoms with van der Waals surface area (Å²) in [5.41, 5.74) is 2.20. The van der Waals surface area contributed by atoms with Crippen LogP contribution in [0.4, 0.5) is 5.69 Å². The van der Waals surface area contributed by atoms with Crippen LogP contribution in [-0.4, -0.2) is 17.8 Å². The molecule has 0 unspecified atom stereocenters. The summed E-state index contributed by atoms with van der Waals surface area (Å²) in [6, 6.07) is 12.4. The summed E-state index contributed by atoms with van der Waals surface area (Å²) in [7, 11) is -2.19. The molecule has 0 saturated carbocycles. The number of hydrogen-bond acceptors (Lipinski definition) is 3. The quantitative estimate of drug-likeness (QED) is 0.660. The molecule has 1 heterocycles. The highest BCUT2D eigenvalue weighted by atomic mass is 79.9. The summed E-state index contributed by atoms with van der Waals surface area (Å²) in [5.74, 6) is 0. The van der Waals surface area contributed by atoms with Crippen molar-refractivity contribution in [2.75, 3.05) is 4.72 Å². The Morgan fingerprint density at radius 2 is 1.63 bits per heavy atom. The van der Waals surface area contributed by atoms with Gasteiger partial charge in [0.1, 0.15) is 5.69 Å². The third-order valence-electron chi connectivity index (χ3n) is 4.54. The number of nitrogens with zero attached hydrogens (tertiary/aromatic N) is 2. The van der Waals surface area contributed by atoms with Crippen LogP contribution in [0.25, 0.3) is 5.69 Å². The molecular formula is C19H20BrN3O3S. The van der Waals surface area contributed by atoms with E-state index in [4.69, 9.17) is 0 Å². The molecule has 0 atom stereocenters. The van der Waals surface area contributed by atoms with Gasteiger partial charge in [-0.2, -0.15) is 0 Å². The monoisotopic (exact) mass is 449 g/mol. The van der Waals surface area contributed by atoms with Gasteiger partial charge in [0.05, 0.1) is 16.3 Å². The van der Waals surface area contributed by atoms with E-state index in [0.717, 1.165) is 10.0 Å². The molecule has 0 saturated heterocycles. The zero-order valence-electron chi connectivity index (χ0n) is 15.4. The second-order valence-electron chi connectivity index (χ2n) is 6.41. The molecule has 0 amide bonds. The lowest BCUT2D eigenvalue weighted by Crippen LogP contribution is -2.23. The average molecular weight is 450 g/mol. The van der Waals surface area contributed by atoms with E-state index in [2.05, 4.69) is 20.7 Å². The molecule has 3 aromatic rings. The third kappa shape index (κ3) is 3.46. The average Bonchev–Trinajstić information content (AvgIpc) is 2.82. The smallest absolute Gasteiger partial charge is 0.283 e. The van der Waals surface area contributed by atoms with Crippen LogP contribution in [0.15, 0.2) is 56.6 Å². The van der Waals surface area contributed by atoms with Crippen LogP contribution in [0.3, 0.4) is 0 Å². The van der Waals surface area contributed by atoms with Gasteiger partial charge in [0, 0.05) is 11.5 Å². The van der Waals surface area contributed by atoms with Crippen molar-refractivity contribution >= 4 is 31.6 Å². The van der Waals surface area contributed by atoms with Crippen LogP contribution >= 0.6 is 15.9 Å². The summed E-state index contributed by atoms with van der Waals surface area (Å²) in [5, 5.41) is 0. The SMILES string of the molecule is Cc1cc(S(=O)(=O)Nc2c(C)n(C)n(-c3ccccc3)c2=O)c(C)cc1Br. The molecule has 3 rings (SSSR count). The van der Waals surface area contributed by atoms with E-state index in [1.807, 2.05) is 25.1 Å². The van der Waals surface area contributed by atoms with Gasteiger partial charge in [-0.25, -0.2) is 13.1 Å². The highest BCUT2D eigenvalue weighted by Gasteiger charge is 2.24. The number of aryl methyl sites for hydroxylation is 2. The molecule has 1 N–H and O–H groups in total. The Morgan fingerprint density at radius 1 is 1.00 bits per heavy atom. The predicted octanol–water partition coefficient (Wildman–Crippen LogP) is 3.66. The van der Waals surface area contributed by atoms with Crippen LogP contribution < -0.4 is 10.3 Å². The second kappa shape index (κ2) is 7.01. The van der Waals surface area contributed by atoms with Crippen molar-refractivity contribution < 1.29 is 8.42 Å². The largest absolute Gasteiger partial charge is 0.296 e. The molecule has 27 heavy (non-hydrogen) atoms. The van der Waals surface area contributed by atoms with Crippen molar-refractivity contribution in [3.63, 3.8) is 0 Å². The first-order valence-electron chi connectivity index (χ1n) is 8.27.